The van der Waals surface area contributed by atoms with Crippen molar-refractivity contribution in [3.05, 3.63) is 63.9 Å². The monoisotopic (exact) mass is 380 g/mol. The molecule has 0 atom stereocenters. The molecule has 0 bridgehead atoms. The molecule has 144 valence electrons. The van der Waals surface area contributed by atoms with Crippen LogP contribution in [-0.2, 0) is 20.9 Å². The van der Waals surface area contributed by atoms with E-state index in [1.807, 2.05) is 32.0 Å². The SMILES string of the molecule is Cc1cc(C)cc(NC(=O)COC(=O)CCn2nnc3ccccc3c2=O)c1. The number of hydrogen-bond donors (Lipinski definition) is 1. The van der Waals surface area contributed by atoms with E-state index in [1.165, 1.54) is 0 Å². The van der Waals surface area contributed by atoms with Gasteiger partial charge in [0.2, 0.25) is 0 Å². The predicted molar refractivity (Wildman–Crippen MR) is 104 cm³/mol. The summed E-state index contributed by atoms with van der Waals surface area (Å²) in [6.45, 7) is 3.49. The van der Waals surface area contributed by atoms with Crippen molar-refractivity contribution in [3.8, 4) is 0 Å². The molecule has 0 unspecified atom stereocenters. The van der Waals surface area contributed by atoms with Gasteiger partial charge in [0.15, 0.2) is 6.61 Å². The molecule has 8 heteroatoms. The molecule has 1 N–H and O–H groups in total. The Hall–Kier alpha value is -3.55. The zero-order valence-corrected chi connectivity index (χ0v) is 15.6. The highest BCUT2D eigenvalue weighted by atomic mass is 16.5. The summed E-state index contributed by atoms with van der Waals surface area (Å²) in [5, 5.41) is 10.9. The number of hydrogen-bond acceptors (Lipinski definition) is 6. The summed E-state index contributed by atoms with van der Waals surface area (Å²) in [5.74, 6) is -1.03. The van der Waals surface area contributed by atoms with Gasteiger partial charge in [-0.3, -0.25) is 14.4 Å². The van der Waals surface area contributed by atoms with E-state index in [0.717, 1.165) is 15.8 Å². The van der Waals surface area contributed by atoms with Crippen LogP contribution in [0.25, 0.3) is 10.9 Å². The molecular formula is C20H20N4O4. The third-order valence-corrected chi connectivity index (χ3v) is 4.03. The molecule has 0 fully saturated rings. The minimum absolute atomic E-state index is 0.0220. The molecule has 28 heavy (non-hydrogen) atoms. The number of esters is 1. The smallest absolute Gasteiger partial charge is 0.308 e. The highest BCUT2D eigenvalue weighted by Gasteiger charge is 2.11. The first-order valence-corrected chi connectivity index (χ1v) is 8.79. The van der Waals surface area contributed by atoms with Crippen LogP contribution in [0.5, 0.6) is 0 Å². The van der Waals surface area contributed by atoms with Gasteiger partial charge in [-0.05, 0) is 49.2 Å². The van der Waals surface area contributed by atoms with Gasteiger partial charge < -0.3 is 10.1 Å². The second kappa shape index (κ2) is 8.43. The number of aryl methyl sites for hydroxylation is 3. The lowest BCUT2D eigenvalue weighted by atomic mass is 10.1. The maximum atomic E-state index is 12.3. The molecule has 0 saturated heterocycles. The fourth-order valence-corrected chi connectivity index (χ4v) is 2.83. The molecule has 3 rings (SSSR count). The number of benzene rings is 2. The van der Waals surface area contributed by atoms with Gasteiger partial charge in [0.05, 0.1) is 18.4 Å². The largest absolute Gasteiger partial charge is 0.456 e. The summed E-state index contributed by atoms with van der Waals surface area (Å²) < 4.78 is 6.08. The Bertz CT molecular complexity index is 1070. The zero-order chi connectivity index (χ0) is 20.1. The van der Waals surface area contributed by atoms with Gasteiger partial charge in [0.25, 0.3) is 11.5 Å². The Labute approximate surface area is 161 Å². The van der Waals surface area contributed by atoms with Crippen molar-refractivity contribution in [3.63, 3.8) is 0 Å². The van der Waals surface area contributed by atoms with Crippen molar-refractivity contribution in [2.24, 2.45) is 0 Å². The van der Waals surface area contributed by atoms with E-state index in [1.54, 1.807) is 24.3 Å². The first kappa shape index (κ1) is 19.2. The number of aromatic nitrogens is 3. The fourth-order valence-electron chi connectivity index (χ4n) is 2.83. The van der Waals surface area contributed by atoms with Crippen LogP contribution >= 0.6 is 0 Å². The molecule has 0 saturated carbocycles. The van der Waals surface area contributed by atoms with Crippen LogP contribution < -0.4 is 10.9 Å². The summed E-state index contributed by atoms with van der Waals surface area (Å²) in [5.41, 5.74) is 2.86. The summed E-state index contributed by atoms with van der Waals surface area (Å²) in [4.78, 5) is 36.1. The second-order valence-corrected chi connectivity index (χ2v) is 6.47. The number of amides is 1. The van der Waals surface area contributed by atoms with Crippen molar-refractivity contribution in [2.45, 2.75) is 26.8 Å². The van der Waals surface area contributed by atoms with Crippen LogP contribution in [0.15, 0.2) is 47.3 Å². The Kier molecular flexibility index (Phi) is 5.78. The van der Waals surface area contributed by atoms with Crippen molar-refractivity contribution in [1.29, 1.82) is 0 Å². The van der Waals surface area contributed by atoms with Gasteiger partial charge >= 0.3 is 5.97 Å². The lowest BCUT2D eigenvalue weighted by Crippen LogP contribution is -2.26. The van der Waals surface area contributed by atoms with Gasteiger partial charge in [-0.1, -0.05) is 23.4 Å². The molecule has 8 nitrogen and oxygen atoms in total. The number of anilines is 1. The van der Waals surface area contributed by atoms with Crippen LogP contribution in [0.2, 0.25) is 0 Å². The minimum atomic E-state index is -0.600. The first-order chi connectivity index (χ1) is 13.4. The molecule has 2 aromatic carbocycles. The van der Waals surface area contributed by atoms with E-state index in [0.29, 0.717) is 16.6 Å². The number of fused-ring (bicyclic) bond motifs is 1. The maximum absolute atomic E-state index is 12.3. The Morgan fingerprint density at radius 2 is 1.82 bits per heavy atom. The summed E-state index contributed by atoms with van der Waals surface area (Å²) in [6.07, 6.45) is -0.0935. The van der Waals surface area contributed by atoms with Gasteiger partial charge in [-0.15, -0.1) is 5.10 Å². The van der Waals surface area contributed by atoms with Crippen LogP contribution in [0.3, 0.4) is 0 Å². The highest BCUT2D eigenvalue weighted by Crippen LogP contribution is 2.13. The molecule has 0 spiro atoms. The lowest BCUT2D eigenvalue weighted by Gasteiger charge is -2.09. The quantitative estimate of drug-likeness (QED) is 0.656. The van der Waals surface area contributed by atoms with Crippen LogP contribution in [0, 0.1) is 13.8 Å². The minimum Gasteiger partial charge on any atom is -0.456 e. The van der Waals surface area contributed by atoms with Crippen molar-refractivity contribution >= 4 is 28.5 Å². The standard InChI is InChI=1S/C20H20N4O4/c1-13-9-14(2)11-15(10-13)21-18(25)12-28-19(26)7-8-24-20(27)16-5-3-4-6-17(16)22-23-24/h3-6,9-11H,7-8,12H2,1-2H3,(H,21,25). The maximum Gasteiger partial charge on any atom is 0.308 e. The zero-order valence-electron chi connectivity index (χ0n) is 15.6. The van der Waals surface area contributed by atoms with Crippen molar-refractivity contribution in [2.75, 3.05) is 11.9 Å². The lowest BCUT2D eigenvalue weighted by molar-refractivity contribution is -0.147. The van der Waals surface area contributed by atoms with Crippen molar-refractivity contribution < 1.29 is 14.3 Å². The molecule has 3 aromatic rings. The predicted octanol–water partition coefficient (Wildman–Crippen LogP) is 1.98. The average Bonchev–Trinajstić information content (AvgIpc) is 2.65. The van der Waals surface area contributed by atoms with Crippen LogP contribution in [0.1, 0.15) is 17.5 Å². The molecule has 0 aliphatic rings. The molecule has 0 radical (unpaired) electrons. The number of ether oxygens (including phenoxy) is 1. The van der Waals surface area contributed by atoms with E-state index >= 15 is 0 Å². The molecular weight excluding hydrogens is 360 g/mol. The topological polar surface area (TPSA) is 103 Å². The summed E-state index contributed by atoms with van der Waals surface area (Å²) in [6, 6.07) is 12.5. The Balaban J connectivity index is 1.51. The van der Waals surface area contributed by atoms with Crippen LogP contribution in [-0.4, -0.2) is 33.5 Å². The third kappa shape index (κ3) is 4.79. The Morgan fingerprint density at radius 3 is 2.57 bits per heavy atom. The molecule has 1 heterocycles. The molecule has 0 aliphatic carbocycles. The Morgan fingerprint density at radius 1 is 1.11 bits per heavy atom. The summed E-state index contributed by atoms with van der Waals surface area (Å²) in [7, 11) is 0. The van der Waals surface area contributed by atoms with E-state index in [-0.39, 0.29) is 18.5 Å². The molecule has 1 amide bonds. The highest BCUT2D eigenvalue weighted by molar-refractivity contribution is 5.93. The fraction of sp³-hybridized carbons (Fsp3) is 0.250. The number of carbonyl (C=O) groups is 2. The van der Waals surface area contributed by atoms with Gasteiger partial charge in [-0.25, -0.2) is 4.68 Å². The average molecular weight is 380 g/mol. The number of rotatable bonds is 6. The van der Waals surface area contributed by atoms with E-state index in [4.69, 9.17) is 4.74 Å². The van der Waals surface area contributed by atoms with Gasteiger partial charge in [0.1, 0.15) is 5.52 Å². The van der Waals surface area contributed by atoms with E-state index in [2.05, 4.69) is 15.6 Å². The number of nitrogens with one attached hydrogen (secondary N) is 1. The van der Waals surface area contributed by atoms with Crippen molar-refractivity contribution in [1.82, 2.24) is 15.0 Å². The van der Waals surface area contributed by atoms with Gasteiger partial charge in [-0.2, -0.15) is 0 Å². The second-order valence-electron chi connectivity index (χ2n) is 6.47. The summed E-state index contributed by atoms with van der Waals surface area (Å²) >= 11 is 0. The van der Waals surface area contributed by atoms with Crippen LogP contribution in [0.4, 0.5) is 5.69 Å². The number of nitrogens with zero attached hydrogens (tertiary/aromatic N) is 3. The molecule has 0 aliphatic heterocycles. The van der Waals surface area contributed by atoms with Gasteiger partial charge in [0, 0.05) is 5.69 Å². The van der Waals surface area contributed by atoms with E-state index < -0.39 is 18.5 Å². The normalized spacial score (nSPS) is 10.6. The third-order valence-electron chi connectivity index (χ3n) is 4.03. The first-order valence-electron chi connectivity index (χ1n) is 8.79. The van der Waals surface area contributed by atoms with E-state index in [9.17, 15) is 14.4 Å². The molecule has 1 aromatic heterocycles. The number of carbonyl (C=O) groups excluding carboxylic acids is 2.